The lowest BCUT2D eigenvalue weighted by atomic mass is 10.2. The van der Waals surface area contributed by atoms with Gasteiger partial charge in [0.15, 0.2) is 5.76 Å². The molecule has 0 saturated heterocycles. The molecule has 0 atom stereocenters. The van der Waals surface area contributed by atoms with Crippen molar-refractivity contribution >= 4 is 34.8 Å². The summed E-state index contributed by atoms with van der Waals surface area (Å²) in [6, 6.07) is 6.97. The molecule has 2 aromatic rings. The highest BCUT2D eigenvalue weighted by molar-refractivity contribution is 7.17. The van der Waals surface area contributed by atoms with E-state index in [1.54, 1.807) is 24.3 Å². The van der Waals surface area contributed by atoms with Gasteiger partial charge in [-0.1, -0.05) is 11.6 Å². The van der Waals surface area contributed by atoms with Crippen LogP contribution in [0.4, 0.5) is 0 Å². The molecule has 0 radical (unpaired) electrons. The Morgan fingerprint density at radius 3 is 2.87 bits per heavy atom. The summed E-state index contributed by atoms with van der Waals surface area (Å²) in [4.78, 5) is 12.4. The van der Waals surface area contributed by atoms with E-state index in [0.29, 0.717) is 10.1 Å². The molecule has 4 heteroatoms. The van der Waals surface area contributed by atoms with Crippen LogP contribution in [0, 0.1) is 0 Å². The van der Waals surface area contributed by atoms with Gasteiger partial charge in [0, 0.05) is 4.88 Å². The second-order valence-corrected chi connectivity index (χ2v) is 4.56. The maximum Gasteiger partial charge on any atom is 0.221 e. The monoisotopic (exact) mass is 238 g/mol. The van der Waals surface area contributed by atoms with Crippen LogP contribution in [0.2, 0.25) is 4.34 Å². The third kappa shape index (κ3) is 2.58. The molecule has 2 aromatic heterocycles. The molecule has 0 N–H and O–H groups in total. The Hall–Kier alpha value is -1.32. The van der Waals surface area contributed by atoms with Crippen molar-refractivity contribution in [3.63, 3.8) is 0 Å². The molecule has 0 aliphatic carbocycles. The lowest BCUT2D eigenvalue weighted by molar-refractivity contribution is 0.102. The summed E-state index contributed by atoms with van der Waals surface area (Å²) < 4.78 is 5.67. The first-order chi connectivity index (χ1) is 7.25. The van der Waals surface area contributed by atoms with Gasteiger partial charge in [0.05, 0.1) is 10.6 Å². The zero-order valence-corrected chi connectivity index (χ0v) is 9.22. The molecular weight excluding hydrogens is 232 g/mol. The third-order valence-electron chi connectivity index (χ3n) is 1.76. The van der Waals surface area contributed by atoms with E-state index in [0.717, 1.165) is 4.88 Å². The molecular formula is C11H7ClO2S. The molecule has 0 aromatic carbocycles. The van der Waals surface area contributed by atoms with Crippen molar-refractivity contribution in [3.8, 4) is 0 Å². The van der Waals surface area contributed by atoms with Crippen molar-refractivity contribution in [2.75, 3.05) is 0 Å². The summed E-state index contributed by atoms with van der Waals surface area (Å²) in [6.07, 6.45) is 4.67. The van der Waals surface area contributed by atoms with E-state index >= 15 is 0 Å². The van der Waals surface area contributed by atoms with Crippen LogP contribution in [0.5, 0.6) is 0 Å². The predicted octanol–water partition coefficient (Wildman–Crippen LogP) is 3.89. The number of furan rings is 1. The average molecular weight is 239 g/mol. The van der Waals surface area contributed by atoms with Gasteiger partial charge < -0.3 is 4.42 Å². The Morgan fingerprint density at radius 1 is 1.40 bits per heavy atom. The fourth-order valence-electron chi connectivity index (χ4n) is 1.08. The Labute approximate surface area is 95.8 Å². The molecule has 0 unspecified atom stereocenters. The molecule has 0 amide bonds. The number of rotatable bonds is 3. The molecule has 0 bridgehead atoms. The van der Waals surface area contributed by atoms with E-state index in [-0.39, 0.29) is 5.78 Å². The lowest BCUT2D eigenvalue weighted by Gasteiger charge is -1.86. The van der Waals surface area contributed by atoms with Gasteiger partial charge in [0.1, 0.15) is 0 Å². The van der Waals surface area contributed by atoms with Crippen molar-refractivity contribution in [2.45, 2.75) is 0 Å². The van der Waals surface area contributed by atoms with E-state index in [2.05, 4.69) is 0 Å². The molecule has 2 heterocycles. The summed E-state index contributed by atoms with van der Waals surface area (Å²) in [5.41, 5.74) is 0. The third-order valence-corrected chi connectivity index (χ3v) is 2.95. The van der Waals surface area contributed by atoms with Gasteiger partial charge in [0.25, 0.3) is 0 Å². The van der Waals surface area contributed by atoms with E-state index < -0.39 is 0 Å². The van der Waals surface area contributed by atoms with Gasteiger partial charge in [-0.05, 0) is 36.4 Å². The predicted molar refractivity (Wildman–Crippen MR) is 61.4 cm³/mol. The van der Waals surface area contributed by atoms with Crippen molar-refractivity contribution in [2.24, 2.45) is 0 Å². The first kappa shape index (κ1) is 10.2. The first-order valence-corrected chi connectivity index (χ1v) is 5.46. The highest BCUT2D eigenvalue weighted by Gasteiger charge is 2.03. The number of halogens is 1. The summed E-state index contributed by atoms with van der Waals surface area (Å²) in [6.45, 7) is 0. The Bertz CT molecular complexity index is 482. The van der Waals surface area contributed by atoms with Gasteiger partial charge in [-0.25, -0.2) is 0 Å². The topological polar surface area (TPSA) is 30.2 Å². The maximum atomic E-state index is 11.5. The first-order valence-electron chi connectivity index (χ1n) is 4.27. The van der Waals surface area contributed by atoms with E-state index in [1.165, 1.54) is 23.7 Å². The number of carbonyl (C=O) groups is 1. The van der Waals surface area contributed by atoms with Crippen LogP contribution in [0.1, 0.15) is 15.4 Å². The summed E-state index contributed by atoms with van der Waals surface area (Å²) >= 11 is 7.18. The molecule has 15 heavy (non-hydrogen) atoms. The minimum atomic E-state index is -0.149. The molecule has 76 valence electrons. The van der Waals surface area contributed by atoms with E-state index in [1.807, 2.05) is 6.07 Å². The van der Waals surface area contributed by atoms with Crippen LogP contribution in [0.25, 0.3) is 6.08 Å². The molecule has 0 aliphatic rings. The fraction of sp³-hybridized carbons (Fsp3) is 0. The highest BCUT2D eigenvalue weighted by Crippen LogP contribution is 2.22. The van der Waals surface area contributed by atoms with Crippen molar-refractivity contribution in [3.05, 3.63) is 51.6 Å². The number of allylic oxidation sites excluding steroid dienone is 1. The van der Waals surface area contributed by atoms with Crippen LogP contribution in [0.3, 0.4) is 0 Å². The SMILES string of the molecule is O=C(C=Cc1ccc(Cl)s1)c1ccco1. The minimum Gasteiger partial charge on any atom is -0.461 e. The van der Waals surface area contributed by atoms with Crippen LogP contribution in [-0.2, 0) is 0 Å². The van der Waals surface area contributed by atoms with Crippen molar-refractivity contribution in [1.82, 2.24) is 0 Å². The van der Waals surface area contributed by atoms with Crippen LogP contribution in [-0.4, -0.2) is 5.78 Å². The maximum absolute atomic E-state index is 11.5. The van der Waals surface area contributed by atoms with Gasteiger partial charge in [-0.15, -0.1) is 11.3 Å². The van der Waals surface area contributed by atoms with E-state index in [4.69, 9.17) is 16.0 Å². The molecule has 0 fully saturated rings. The quantitative estimate of drug-likeness (QED) is 0.600. The van der Waals surface area contributed by atoms with Gasteiger partial charge in [-0.3, -0.25) is 4.79 Å². The second kappa shape index (κ2) is 4.47. The molecule has 2 rings (SSSR count). The molecule has 0 spiro atoms. The Morgan fingerprint density at radius 2 is 2.27 bits per heavy atom. The summed E-state index contributed by atoms with van der Waals surface area (Å²) in [7, 11) is 0. The van der Waals surface area contributed by atoms with Gasteiger partial charge in [0.2, 0.25) is 5.78 Å². The van der Waals surface area contributed by atoms with Gasteiger partial charge in [-0.2, -0.15) is 0 Å². The number of ketones is 1. The number of thiophene rings is 1. The highest BCUT2D eigenvalue weighted by atomic mass is 35.5. The van der Waals surface area contributed by atoms with Crippen molar-refractivity contribution in [1.29, 1.82) is 0 Å². The smallest absolute Gasteiger partial charge is 0.221 e. The standard InChI is InChI=1S/C11H7ClO2S/c12-11-6-4-8(15-11)3-5-9(13)10-2-1-7-14-10/h1-7H. The summed E-state index contributed by atoms with van der Waals surface area (Å²) in [5.74, 6) is 0.193. The van der Waals surface area contributed by atoms with Crippen LogP contribution < -0.4 is 0 Å². The largest absolute Gasteiger partial charge is 0.461 e. The molecule has 0 aliphatic heterocycles. The number of carbonyl (C=O) groups excluding carboxylic acids is 1. The van der Waals surface area contributed by atoms with Gasteiger partial charge >= 0.3 is 0 Å². The molecule has 0 saturated carbocycles. The number of hydrogen-bond acceptors (Lipinski definition) is 3. The van der Waals surface area contributed by atoms with E-state index in [9.17, 15) is 4.79 Å². The average Bonchev–Trinajstić information content (AvgIpc) is 2.84. The lowest BCUT2D eigenvalue weighted by Crippen LogP contribution is -1.89. The van der Waals surface area contributed by atoms with Crippen LogP contribution >= 0.6 is 22.9 Å². The summed E-state index contributed by atoms with van der Waals surface area (Å²) in [5, 5.41) is 0. The Balaban J connectivity index is 2.09. The second-order valence-electron chi connectivity index (χ2n) is 2.82. The Kier molecular flexibility index (Phi) is 3.04. The number of hydrogen-bond donors (Lipinski definition) is 0. The molecule has 2 nitrogen and oxygen atoms in total. The zero-order chi connectivity index (χ0) is 10.7. The zero-order valence-electron chi connectivity index (χ0n) is 7.64. The normalized spacial score (nSPS) is 11.0. The van der Waals surface area contributed by atoms with Crippen molar-refractivity contribution < 1.29 is 9.21 Å². The minimum absolute atomic E-state index is 0.149. The fourth-order valence-corrected chi connectivity index (χ4v) is 2.04. The van der Waals surface area contributed by atoms with Crippen LogP contribution in [0.15, 0.2) is 41.0 Å².